The molecular weight excluding hydrogens is 233 g/mol. The van der Waals surface area contributed by atoms with E-state index in [4.69, 9.17) is 5.73 Å². The average molecular weight is 252 g/mol. The molecular formula is C11H19F3N2O. The molecule has 0 spiro atoms. The Morgan fingerprint density at radius 1 is 1.24 bits per heavy atom. The fourth-order valence-electron chi connectivity index (χ4n) is 2.21. The summed E-state index contributed by atoms with van der Waals surface area (Å²) < 4.78 is 38.2. The molecule has 1 saturated heterocycles. The lowest BCUT2D eigenvalue weighted by Crippen LogP contribution is -2.65. The number of carbonyl (C=O) groups excluding carboxylic acids is 1. The lowest BCUT2D eigenvalue weighted by molar-refractivity contribution is -0.197. The van der Waals surface area contributed by atoms with E-state index in [-0.39, 0.29) is 12.1 Å². The summed E-state index contributed by atoms with van der Waals surface area (Å²) in [7, 11) is 0. The summed E-state index contributed by atoms with van der Waals surface area (Å²) in [5.74, 6) is -1.02. The topological polar surface area (TPSA) is 46.3 Å². The van der Waals surface area contributed by atoms with E-state index in [1.54, 1.807) is 13.8 Å². The van der Waals surface area contributed by atoms with Crippen molar-refractivity contribution in [2.75, 3.05) is 0 Å². The molecule has 0 aromatic carbocycles. The first kappa shape index (κ1) is 14.3. The number of nitrogens with two attached hydrogens (primary N) is 1. The van der Waals surface area contributed by atoms with Crippen LogP contribution in [0.3, 0.4) is 0 Å². The number of carbonyl (C=O) groups is 1. The first-order valence-corrected chi connectivity index (χ1v) is 5.77. The summed E-state index contributed by atoms with van der Waals surface area (Å²) in [6.07, 6.45) is -2.34. The number of hydrogen-bond acceptors (Lipinski definition) is 2. The van der Waals surface area contributed by atoms with Crippen LogP contribution in [0.2, 0.25) is 0 Å². The highest BCUT2D eigenvalue weighted by Crippen LogP contribution is 2.33. The van der Waals surface area contributed by atoms with E-state index in [0.29, 0.717) is 0 Å². The van der Waals surface area contributed by atoms with E-state index in [0.717, 1.165) is 26.2 Å². The highest BCUT2D eigenvalue weighted by molar-refractivity contribution is 5.87. The van der Waals surface area contributed by atoms with Crippen LogP contribution in [-0.2, 0) is 4.79 Å². The van der Waals surface area contributed by atoms with Crippen molar-refractivity contribution in [1.29, 1.82) is 0 Å². The van der Waals surface area contributed by atoms with Crippen LogP contribution >= 0.6 is 0 Å². The van der Waals surface area contributed by atoms with Gasteiger partial charge in [0.1, 0.15) is 0 Å². The maximum atomic E-state index is 12.7. The maximum absolute atomic E-state index is 12.7. The number of hydrogen-bond donors (Lipinski definition) is 1. The summed E-state index contributed by atoms with van der Waals surface area (Å²) in [4.78, 5) is 13.3. The first-order chi connectivity index (χ1) is 7.59. The molecule has 3 unspecified atom stereocenters. The minimum atomic E-state index is -4.72. The van der Waals surface area contributed by atoms with Gasteiger partial charge in [-0.05, 0) is 40.0 Å². The number of halogens is 3. The molecule has 17 heavy (non-hydrogen) atoms. The molecule has 0 aromatic heterocycles. The van der Waals surface area contributed by atoms with Crippen molar-refractivity contribution in [2.24, 2.45) is 5.73 Å². The second kappa shape index (κ2) is 4.48. The van der Waals surface area contributed by atoms with Gasteiger partial charge in [-0.3, -0.25) is 4.79 Å². The van der Waals surface area contributed by atoms with Gasteiger partial charge in [-0.2, -0.15) is 13.2 Å². The zero-order chi connectivity index (χ0) is 13.4. The molecule has 1 amide bonds. The predicted molar refractivity (Wildman–Crippen MR) is 58.3 cm³/mol. The molecule has 3 nitrogen and oxygen atoms in total. The van der Waals surface area contributed by atoms with Crippen LogP contribution < -0.4 is 5.73 Å². The molecule has 0 aromatic rings. The third-order valence-corrected chi connectivity index (χ3v) is 3.46. The number of amides is 1. The number of alkyl halides is 3. The molecule has 0 saturated carbocycles. The predicted octanol–water partition coefficient (Wildman–Crippen LogP) is 2.06. The molecule has 1 heterocycles. The Hall–Kier alpha value is -0.780. The van der Waals surface area contributed by atoms with Crippen LogP contribution in [0.25, 0.3) is 0 Å². The molecule has 0 aliphatic carbocycles. The average Bonchev–Trinajstić information content (AvgIpc) is 2.15. The van der Waals surface area contributed by atoms with Crippen LogP contribution in [0.1, 0.15) is 40.0 Å². The Kier molecular flexibility index (Phi) is 3.76. The van der Waals surface area contributed by atoms with Crippen molar-refractivity contribution in [3.8, 4) is 0 Å². The van der Waals surface area contributed by atoms with Gasteiger partial charge in [-0.25, -0.2) is 0 Å². The van der Waals surface area contributed by atoms with Crippen molar-refractivity contribution in [3.63, 3.8) is 0 Å². The maximum Gasteiger partial charge on any atom is 0.415 e. The van der Waals surface area contributed by atoms with Crippen LogP contribution in [0.5, 0.6) is 0 Å². The zero-order valence-electron chi connectivity index (χ0n) is 10.3. The number of rotatable bonds is 1. The third kappa shape index (κ3) is 2.56. The minimum absolute atomic E-state index is 0.184. The lowest BCUT2D eigenvalue weighted by atomic mass is 9.92. The molecule has 2 N–H and O–H groups in total. The lowest BCUT2D eigenvalue weighted by Gasteiger charge is -2.43. The van der Waals surface area contributed by atoms with E-state index in [1.165, 1.54) is 4.90 Å². The van der Waals surface area contributed by atoms with E-state index in [2.05, 4.69) is 0 Å². The van der Waals surface area contributed by atoms with Gasteiger partial charge >= 0.3 is 6.18 Å². The Labute approximate surface area is 99.1 Å². The summed E-state index contributed by atoms with van der Waals surface area (Å²) in [5.41, 5.74) is 2.38. The van der Waals surface area contributed by atoms with Gasteiger partial charge in [0.2, 0.25) is 0 Å². The largest absolute Gasteiger partial charge is 0.415 e. The fraction of sp³-hybridized carbons (Fsp3) is 0.909. The van der Waals surface area contributed by atoms with Gasteiger partial charge in [0.25, 0.3) is 5.91 Å². The van der Waals surface area contributed by atoms with Crippen molar-refractivity contribution < 1.29 is 18.0 Å². The van der Waals surface area contributed by atoms with Crippen LogP contribution in [0, 0.1) is 0 Å². The second-order valence-electron chi connectivity index (χ2n) is 5.04. The highest BCUT2D eigenvalue weighted by Gasteiger charge is 2.56. The molecule has 3 atom stereocenters. The van der Waals surface area contributed by atoms with E-state index in [1.807, 2.05) is 0 Å². The summed E-state index contributed by atoms with van der Waals surface area (Å²) in [5, 5.41) is 0. The SMILES string of the molecule is CC1CCCC(C)N1C(=O)C(C)(N)C(F)(F)F. The van der Waals surface area contributed by atoms with E-state index >= 15 is 0 Å². The van der Waals surface area contributed by atoms with Gasteiger partial charge in [0.05, 0.1) is 0 Å². The van der Waals surface area contributed by atoms with Gasteiger partial charge in [-0.15, -0.1) is 0 Å². The quantitative estimate of drug-likeness (QED) is 0.776. The van der Waals surface area contributed by atoms with Crippen molar-refractivity contribution >= 4 is 5.91 Å². The molecule has 1 rings (SSSR count). The van der Waals surface area contributed by atoms with Crippen LogP contribution in [0.4, 0.5) is 13.2 Å². The third-order valence-electron chi connectivity index (χ3n) is 3.46. The molecule has 6 heteroatoms. The second-order valence-corrected chi connectivity index (χ2v) is 5.04. The first-order valence-electron chi connectivity index (χ1n) is 5.77. The van der Waals surface area contributed by atoms with Crippen molar-refractivity contribution in [1.82, 2.24) is 4.90 Å². The minimum Gasteiger partial charge on any atom is -0.335 e. The normalized spacial score (nSPS) is 29.9. The smallest absolute Gasteiger partial charge is 0.335 e. The van der Waals surface area contributed by atoms with E-state index < -0.39 is 17.6 Å². The van der Waals surface area contributed by atoms with Crippen molar-refractivity contribution in [3.05, 3.63) is 0 Å². The van der Waals surface area contributed by atoms with Crippen LogP contribution in [0.15, 0.2) is 0 Å². The Bertz CT molecular complexity index is 292. The highest BCUT2D eigenvalue weighted by atomic mass is 19.4. The molecule has 100 valence electrons. The van der Waals surface area contributed by atoms with Crippen LogP contribution in [-0.4, -0.2) is 34.6 Å². The molecule has 1 aliphatic heterocycles. The Balaban J connectivity index is 2.95. The Morgan fingerprint density at radius 2 is 1.65 bits per heavy atom. The molecule has 1 aliphatic rings. The molecule has 1 fully saturated rings. The number of nitrogens with zero attached hydrogens (tertiary/aromatic N) is 1. The summed E-state index contributed by atoms with van der Waals surface area (Å²) in [6, 6.07) is -0.368. The van der Waals surface area contributed by atoms with Gasteiger partial charge in [0.15, 0.2) is 5.54 Å². The number of likely N-dealkylation sites (tertiary alicyclic amines) is 1. The summed E-state index contributed by atoms with van der Waals surface area (Å²) >= 11 is 0. The zero-order valence-corrected chi connectivity index (χ0v) is 10.3. The molecule has 0 bridgehead atoms. The fourth-order valence-corrected chi connectivity index (χ4v) is 2.21. The standard InChI is InChI=1S/C11H19F3N2O/c1-7-5-4-6-8(2)16(7)9(17)10(3,15)11(12,13)14/h7-8H,4-6,15H2,1-3H3. The van der Waals surface area contributed by atoms with Gasteiger partial charge < -0.3 is 10.6 Å². The Morgan fingerprint density at radius 3 is 2.00 bits per heavy atom. The van der Waals surface area contributed by atoms with Crippen molar-refractivity contribution in [2.45, 2.75) is 63.8 Å². The summed E-state index contributed by atoms with van der Waals surface area (Å²) in [6.45, 7) is 4.27. The van der Waals surface area contributed by atoms with Gasteiger partial charge in [-0.1, -0.05) is 0 Å². The number of piperidine rings is 1. The van der Waals surface area contributed by atoms with E-state index in [9.17, 15) is 18.0 Å². The molecule has 0 radical (unpaired) electrons. The van der Waals surface area contributed by atoms with Gasteiger partial charge in [0, 0.05) is 12.1 Å². The monoisotopic (exact) mass is 252 g/mol.